The Hall–Kier alpha value is -4.99. The third kappa shape index (κ3) is 12.8. The largest absolute Gasteiger partial charge is 0.457 e. The predicted molar refractivity (Wildman–Crippen MR) is 221 cm³/mol. The zero-order chi connectivity index (χ0) is 40.5. The van der Waals surface area contributed by atoms with E-state index < -0.39 is 22.8 Å². The Morgan fingerprint density at radius 3 is 1.55 bits per heavy atom. The van der Waals surface area contributed by atoms with Crippen LogP contribution in [0, 0.1) is 10.8 Å². The van der Waals surface area contributed by atoms with Crippen molar-refractivity contribution >= 4 is 36.3 Å². The molecule has 0 fully saturated rings. The summed E-state index contributed by atoms with van der Waals surface area (Å²) in [6.45, 7) is 20.1. The van der Waals surface area contributed by atoms with E-state index in [1.165, 1.54) is 0 Å². The SMILES string of the molecule is CC(C)N(CC[C@H](c1ccccc1)c1cc(COC(=O)c2ccc(OC(=O)C(C)(C)C)cc2)ccc1OC(=O)c1ccc(OC(=O)C(C)(C)C)cc1)C(C)C.Cl. The number of hydrogen-bond acceptors (Lipinski definition) is 9. The third-order valence-electron chi connectivity index (χ3n) is 9.05. The number of nitrogens with zero attached hydrogens (tertiary/aromatic N) is 1. The summed E-state index contributed by atoms with van der Waals surface area (Å²) in [6.07, 6.45) is 0.730. The third-order valence-corrected chi connectivity index (χ3v) is 9.05. The lowest BCUT2D eigenvalue weighted by Gasteiger charge is -2.32. The maximum absolute atomic E-state index is 13.6. The van der Waals surface area contributed by atoms with Crippen LogP contribution in [0.15, 0.2) is 97.1 Å². The summed E-state index contributed by atoms with van der Waals surface area (Å²) in [6, 6.07) is 28.7. The molecule has 0 aliphatic heterocycles. The predicted octanol–water partition coefficient (Wildman–Crippen LogP) is 10.2. The molecule has 4 rings (SSSR count). The highest BCUT2D eigenvalue weighted by Crippen LogP contribution is 2.37. The van der Waals surface area contributed by atoms with Crippen molar-refractivity contribution in [3.05, 3.63) is 125 Å². The maximum atomic E-state index is 13.6. The van der Waals surface area contributed by atoms with Crippen molar-refractivity contribution in [3.8, 4) is 17.2 Å². The summed E-state index contributed by atoms with van der Waals surface area (Å²) >= 11 is 0. The second-order valence-corrected chi connectivity index (χ2v) is 16.3. The minimum absolute atomic E-state index is 0. The first-order valence-electron chi connectivity index (χ1n) is 18.8. The van der Waals surface area contributed by atoms with E-state index in [2.05, 4.69) is 44.7 Å². The summed E-state index contributed by atoms with van der Waals surface area (Å²) in [5.74, 6) is -0.961. The first-order valence-corrected chi connectivity index (χ1v) is 18.8. The fourth-order valence-corrected chi connectivity index (χ4v) is 5.86. The molecule has 0 aliphatic carbocycles. The van der Waals surface area contributed by atoms with Gasteiger partial charge in [-0.25, -0.2) is 9.59 Å². The van der Waals surface area contributed by atoms with Gasteiger partial charge < -0.3 is 18.9 Å². The van der Waals surface area contributed by atoms with E-state index in [1.54, 1.807) is 102 Å². The molecule has 0 heterocycles. The Labute approximate surface area is 338 Å². The van der Waals surface area contributed by atoms with Crippen LogP contribution in [-0.2, 0) is 20.9 Å². The first kappa shape index (κ1) is 45.4. The number of hydrogen-bond donors (Lipinski definition) is 0. The summed E-state index contributed by atoms with van der Waals surface area (Å²) in [7, 11) is 0. The van der Waals surface area contributed by atoms with Crippen LogP contribution in [0.3, 0.4) is 0 Å². The molecule has 10 heteroatoms. The van der Waals surface area contributed by atoms with Gasteiger partial charge in [-0.05, 0) is 154 Å². The number of halogens is 1. The topological polar surface area (TPSA) is 108 Å². The van der Waals surface area contributed by atoms with Crippen LogP contribution >= 0.6 is 12.4 Å². The van der Waals surface area contributed by atoms with Crippen molar-refractivity contribution in [2.24, 2.45) is 10.8 Å². The molecule has 0 unspecified atom stereocenters. The van der Waals surface area contributed by atoms with Crippen LogP contribution in [0.5, 0.6) is 17.2 Å². The summed E-state index contributed by atoms with van der Waals surface area (Å²) < 4.78 is 22.8. The maximum Gasteiger partial charge on any atom is 0.343 e. The molecule has 56 heavy (non-hydrogen) atoms. The fourth-order valence-electron chi connectivity index (χ4n) is 5.86. The standard InChI is InChI=1S/C46H55NO8.ClH/c1-30(2)47(31(3)4)27-26-38(33-14-12-11-13-15-33)39-28-32(29-52-41(48)34-17-21-36(22-18-34)53-43(50)45(5,6)7)16-25-40(39)55-42(49)35-19-23-37(24-20-35)54-44(51)46(8,9)10;/h11-25,28,30-31,38H,26-27,29H2,1-10H3;1H/t38-;/m1./s1. The van der Waals surface area contributed by atoms with Crippen molar-refractivity contribution in [1.82, 2.24) is 4.90 Å². The summed E-state index contributed by atoms with van der Waals surface area (Å²) in [4.78, 5) is 53.8. The molecular weight excluding hydrogens is 730 g/mol. The molecule has 4 aromatic rings. The van der Waals surface area contributed by atoms with Crippen LogP contribution in [0.2, 0.25) is 0 Å². The molecule has 300 valence electrons. The van der Waals surface area contributed by atoms with Crippen molar-refractivity contribution in [2.45, 2.75) is 100 Å². The van der Waals surface area contributed by atoms with Gasteiger partial charge in [0.1, 0.15) is 23.9 Å². The van der Waals surface area contributed by atoms with Gasteiger partial charge in [-0.15, -0.1) is 12.4 Å². The zero-order valence-corrected chi connectivity index (χ0v) is 35.0. The van der Waals surface area contributed by atoms with Crippen molar-refractivity contribution in [3.63, 3.8) is 0 Å². The molecule has 0 saturated heterocycles. The Balaban J connectivity index is 0.00000841. The van der Waals surface area contributed by atoms with E-state index in [4.69, 9.17) is 18.9 Å². The lowest BCUT2D eigenvalue weighted by atomic mass is 9.86. The molecule has 0 N–H and O–H groups in total. The van der Waals surface area contributed by atoms with Crippen molar-refractivity contribution in [2.75, 3.05) is 6.54 Å². The number of ether oxygens (including phenoxy) is 4. The molecule has 4 aromatic carbocycles. The quantitative estimate of drug-likeness (QED) is 0.0912. The first-order chi connectivity index (χ1) is 25.8. The van der Waals surface area contributed by atoms with Gasteiger partial charge in [-0.1, -0.05) is 36.4 Å². The Bertz CT molecular complexity index is 1920. The Kier molecular flexibility index (Phi) is 16.0. The fraction of sp³-hybridized carbons (Fsp3) is 0.391. The average molecular weight is 786 g/mol. The molecular formula is C46H56ClNO8. The van der Waals surface area contributed by atoms with Crippen LogP contribution in [-0.4, -0.2) is 47.4 Å². The van der Waals surface area contributed by atoms with Crippen molar-refractivity contribution < 1.29 is 38.1 Å². The van der Waals surface area contributed by atoms with Gasteiger partial charge >= 0.3 is 23.9 Å². The molecule has 9 nitrogen and oxygen atoms in total. The smallest absolute Gasteiger partial charge is 0.343 e. The van der Waals surface area contributed by atoms with Gasteiger partial charge in [0.05, 0.1) is 22.0 Å². The molecule has 0 amide bonds. The molecule has 0 aliphatic rings. The average Bonchev–Trinajstić information content (AvgIpc) is 3.12. The number of benzene rings is 4. The highest BCUT2D eigenvalue weighted by atomic mass is 35.5. The van der Waals surface area contributed by atoms with Crippen LogP contribution in [0.4, 0.5) is 0 Å². The van der Waals surface area contributed by atoms with E-state index >= 15 is 0 Å². The minimum atomic E-state index is -0.676. The number of carbonyl (C=O) groups excluding carboxylic acids is 4. The van der Waals surface area contributed by atoms with Gasteiger partial charge in [-0.3, -0.25) is 14.5 Å². The monoisotopic (exact) mass is 785 g/mol. The zero-order valence-electron chi connectivity index (χ0n) is 34.2. The van der Waals surface area contributed by atoms with E-state index in [9.17, 15) is 19.2 Å². The van der Waals surface area contributed by atoms with Gasteiger partial charge in [0.2, 0.25) is 0 Å². The van der Waals surface area contributed by atoms with Crippen LogP contribution < -0.4 is 14.2 Å². The highest BCUT2D eigenvalue weighted by molar-refractivity contribution is 5.92. The van der Waals surface area contributed by atoms with Crippen LogP contribution in [0.1, 0.15) is 119 Å². The van der Waals surface area contributed by atoms with Gasteiger partial charge in [0.25, 0.3) is 0 Å². The lowest BCUT2D eigenvalue weighted by molar-refractivity contribution is -0.143. The Morgan fingerprint density at radius 1 is 0.607 bits per heavy atom. The molecule has 0 bridgehead atoms. The molecule has 0 saturated carbocycles. The van der Waals surface area contributed by atoms with Crippen LogP contribution in [0.25, 0.3) is 0 Å². The number of rotatable bonds is 14. The summed E-state index contributed by atoms with van der Waals surface area (Å²) in [5.41, 5.74) is 1.81. The van der Waals surface area contributed by atoms with Gasteiger partial charge in [-0.2, -0.15) is 0 Å². The van der Waals surface area contributed by atoms with E-state index in [0.717, 1.165) is 29.7 Å². The van der Waals surface area contributed by atoms with Gasteiger partial charge in [0, 0.05) is 23.6 Å². The van der Waals surface area contributed by atoms with Gasteiger partial charge in [0.15, 0.2) is 0 Å². The number of esters is 4. The Morgan fingerprint density at radius 2 is 1.09 bits per heavy atom. The van der Waals surface area contributed by atoms with E-state index in [-0.39, 0.29) is 36.9 Å². The summed E-state index contributed by atoms with van der Waals surface area (Å²) in [5, 5.41) is 0. The normalized spacial score (nSPS) is 12.2. The molecule has 1 atom stereocenters. The molecule has 0 radical (unpaired) electrons. The number of carbonyl (C=O) groups is 4. The van der Waals surface area contributed by atoms with Crippen molar-refractivity contribution in [1.29, 1.82) is 0 Å². The second-order valence-electron chi connectivity index (χ2n) is 16.3. The van der Waals surface area contributed by atoms with E-state index in [0.29, 0.717) is 40.5 Å². The second kappa shape index (κ2) is 19.7. The molecule has 0 spiro atoms. The highest BCUT2D eigenvalue weighted by Gasteiger charge is 2.27. The lowest BCUT2D eigenvalue weighted by Crippen LogP contribution is -2.38. The van der Waals surface area contributed by atoms with E-state index in [1.807, 2.05) is 24.3 Å². The molecule has 0 aromatic heterocycles. The minimum Gasteiger partial charge on any atom is -0.457 e.